The number of hydrogen-bond acceptors (Lipinski definition) is 3. The SMILES string of the molecule is CCNc1c(F)cc(C(=O)N2CCCCC2CO)cc1F. The molecule has 1 atom stereocenters. The lowest BCUT2D eigenvalue weighted by Crippen LogP contribution is -2.45. The molecule has 1 heterocycles. The zero-order valence-electron chi connectivity index (χ0n) is 12.0. The molecule has 1 unspecified atom stereocenters. The summed E-state index contributed by atoms with van der Waals surface area (Å²) < 4.78 is 27.8. The molecular weight excluding hydrogens is 278 g/mol. The van der Waals surface area contributed by atoms with E-state index in [2.05, 4.69) is 5.32 Å². The minimum atomic E-state index is -0.780. The van der Waals surface area contributed by atoms with Crippen molar-refractivity contribution in [3.63, 3.8) is 0 Å². The Kier molecular flexibility index (Phi) is 5.12. The molecule has 21 heavy (non-hydrogen) atoms. The maximum absolute atomic E-state index is 13.9. The van der Waals surface area contributed by atoms with Crippen LogP contribution in [0.5, 0.6) is 0 Å². The summed E-state index contributed by atoms with van der Waals surface area (Å²) in [7, 11) is 0. The maximum atomic E-state index is 13.9. The Labute approximate surface area is 122 Å². The van der Waals surface area contributed by atoms with Gasteiger partial charge in [-0.05, 0) is 38.3 Å². The number of nitrogens with one attached hydrogen (secondary N) is 1. The first-order valence-corrected chi connectivity index (χ1v) is 7.23. The van der Waals surface area contributed by atoms with E-state index in [-0.39, 0.29) is 23.9 Å². The van der Waals surface area contributed by atoms with Crippen molar-refractivity contribution in [2.24, 2.45) is 0 Å². The molecule has 0 aromatic heterocycles. The van der Waals surface area contributed by atoms with E-state index in [0.29, 0.717) is 19.5 Å². The van der Waals surface area contributed by atoms with Crippen molar-refractivity contribution in [2.75, 3.05) is 25.0 Å². The largest absolute Gasteiger partial charge is 0.394 e. The molecule has 0 spiro atoms. The predicted octanol–water partition coefficient (Wildman–Crippen LogP) is 2.38. The van der Waals surface area contributed by atoms with Crippen LogP contribution >= 0.6 is 0 Å². The molecule has 1 aromatic carbocycles. The molecule has 1 aliphatic heterocycles. The third kappa shape index (κ3) is 3.32. The summed E-state index contributed by atoms with van der Waals surface area (Å²) in [6.07, 6.45) is 2.49. The van der Waals surface area contributed by atoms with E-state index < -0.39 is 17.5 Å². The zero-order chi connectivity index (χ0) is 15.4. The Hall–Kier alpha value is -1.69. The van der Waals surface area contributed by atoms with E-state index in [9.17, 15) is 18.7 Å². The summed E-state index contributed by atoms with van der Waals surface area (Å²) in [4.78, 5) is 13.9. The van der Waals surface area contributed by atoms with Crippen LogP contribution in [0, 0.1) is 11.6 Å². The summed E-state index contributed by atoms with van der Waals surface area (Å²) in [5.74, 6) is -2.00. The lowest BCUT2D eigenvalue weighted by atomic mass is 10.0. The van der Waals surface area contributed by atoms with Gasteiger partial charge in [-0.15, -0.1) is 0 Å². The number of likely N-dealkylation sites (tertiary alicyclic amines) is 1. The fourth-order valence-corrected chi connectivity index (χ4v) is 2.67. The van der Waals surface area contributed by atoms with Crippen LogP contribution in [-0.2, 0) is 0 Å². The Morgan fingerprint density at radius 1 is 1.38 bits per heavy atom. The Balaban J connectivity index is 2.26. The van der Waals surface area contributed by atoms with Crippen LogP contribution in [0.15, 0.2) is 12.1 Å². The number of anilines is 1. The molecule has 0 bridgehead atoms. The monoisotopic (exact) mass is 298 g/mol. The van der Waals surface area contributed by atoms with Gasteiger partial charge in [0.2, 0.25) is 0 Å². The number of carbonyl (C=O) groups excluding carboxylic acids is 1. The van der Waals surface area contributed by atoms with Gasteiger partial charge in [0.25, 0.3) is 5.91 Å². The molecule has 1 fully saturated rings. The standard InChI is InChI=1S/C15H20F2N2O2/c1-2-18-14-12(16)7-10(8-13(14)17)15(21)19-6-4-3-5-11(19)9-20/h7-8,11,18,20H,2-6,9H2,1H3. The third-order valence-corrected chi connectivity index (χ3v) is 3.74. The van der Waals surface area contributed by atoms with Crippen molar-refractivity contribution in [1.82, 2.24) is 4.90 Å². The van der Waals surface area contributed by atoms with Crippen molar-refractivity contribution >= 4 is 11.6 Å². The molecule has 0 radical (unpaired) electrons. The van der Waals surface area contributed by atoms with Crippen LogP contribution in [0.3, 0.4) is 0 Å². The van der Waals surface area contributed by atoms with Crippen LogP contribution in [0.1, 0.15) is 36.5 Å². The van der Waals surface area contributed by atoms with E-state index >= 15 is 0 Å². The molecule has 0 aliphatic carbocycles. The van der Waals surface area contributed by atoms with Crippen molar-refractivity contribution in [2.45, 2.75) is 32.2 Å². The average Bonchev–Trinajstić information content (AvgIpc) is 2.50. The smallest absolute Gasteiger partial charge is 0.254 e. The molecule has 116 valence electrons. The Bertz CT molecular complexity index is 499. The first-order valence-electron chi connectivity index (χ1n) is 7.23. The second kappa shape index (κ2) is 6.85. The number of aliphatic hydroxyl groups is 1. The first kappa shape index (κ1) is 15.7. The van der Waals surface area contributed by atoms with Crippen molar-refractivity contribution in [3.8, 4) is 0 Å². The van der Waals surface area contributed by atoms with Gasteiger partial charge in [0.1, 0.15) is 17.3 Å². The Morgan fingerprint density at radius 3 is 2.62 bits per heavy atom. The van der Waals surface area contributed by atoms with E-state index in [1.807, 2.05) is 0 Å². The molecule has 2 N–H and O–H groups in total. The molecule has 1 amide bonds. The summed E-state index contributed by atoms with van der Waals surface area (Å²) in [5.41, 5.74) is -0.238. The molecule has 1 saturated heterocycles. The zero-order valence-corrected chi connectivity index (χ0v) is 12.0. The molecule has 4 nitrogen and oxygen atoms in total. The molecule has 0 saturated carbocycles. The average molecular weight is 298 g/mol. The minimum Gasteiger partial charge on any atom is -0.394 e. The second-order valence-corrected chi connectivity index (χ2v) is 5.18. The number of hydrogen-bond donors (Lipinski definition) is 2. The van der Waals surface area contributed by atoms with Gasteiger partial charge in [-0.3, -0.25) is 4.79 Å². The van der Waals surface area contributed by atoms with Crippen LogP contribution in [0.2, 0.25) is 0 Å². The minimum absolute atomic E-state index is 0.0213. The fraction of sp³-hybridized carbons (Fsp3) is 0.533. The summed E-state index contributed by atoms with van der Waals surface area (Å²) in [6, 6.07) is 1.82. The molecular formula is C15H20F2N2O2. The van der Waals surface area contributed by atoms with Gasteiger partial charge in [0.15, 0.2) is 0 Å². The highest BCUT2D eigenvalue weighted by molar-refractivity contribution is 5.95. The van der Waals surface area contributed by atoms with Crippen LogP contribution in [0.25, 0.3) is 0 Å². The van der Waals surface area contributed by atoms with Gasteiger partial charge in [-0.1, -0.05) is 0 Å². The third-order valence-electron chi connectivity index (χ3n) is 3.74. The van der Waals surface area contributed by atoms with E-state index in [4.69, 9.17) is 0 Å². The van der Waals surface area contributed by atoms with Gasteiger partial charge < -0.3 is 15.3 Å². The number of amides is 1. The second-order valence-electron chi connectivity index (χ2n) is 5.18. The molecule has 1 aromatic rings. The van der Waals surface area contributed by atoms with Crippen LogP contribution < -0.4 is 5.32 Å². The number of carbonyl (C=O) groups is 1. The van der Waals surface area contributed by atoms with E-state index in [0.717, 1.165) is 25.0 Å². The topological polar surface area (TPSA) is 52.6 Å². The van der Waals surface area contributed by atoms with E-state index in [1.54, 1.807) is 6.92 Å². The summed E-state index contributed by atoms with van der Waals surface area (Å²) in [6.45, 7) is 2.49. The van der Waals surface area contributed by atoms with Crippen molar-refractivity contribution < 1.29 is 18.7 Å². The summed E-state index contributed by atoms with van der Waals surface area (Å²) in [5, 5.41) is 11.9. The Morgan fingerprint density at radius 2 is 2.05 bits per heavy atom. The highest BCUT2D eigenvalue weighted by Gasteiger charge is 2.28. The van der Waals surface area contributed by atoms with Gasteiger partial charge in [-0.25, -0.2) is 8.78 Å². The van der Waals surface area contributed by atoms with Crippen molar-refractivity contribution in [1.29, 1.82) is 0 Å². The van der Waals surface area contributed by atoms with Crippen LogP contribution in [0.4, 0.5) is 14.5 Å². The van der Waals surface area contributed by atoms with Crippen LogP contribution in [-0.4, -0.2) is 41.7 Å². The van der Waals surface area contributed by atoms with Gasteiger partial charge in [-0.2, -0.15) is 0 Å². The quantitative estimate of drug-likeness (QED) is 0.897. The number of piperidine rings is 1. The number of nitrogens with zero attached hydrogens (tertiary/aromatic N) is 1. The highest BCUT2D eigenvalue weighted by Crippen LogP contribution is 2.24. The molecule has 6 heteroatoms. The predicted molar refractivity (Wildman–Crippen MR) is 76.3 cm³/mol. The van der Waals surface area contributed by atoms with E-state index in [1.165, 1.54) is 4.90 Å². The molecule has 2 rings (SSSR count). The first-order chi connectivity index (χ1) is 10.1. The summed E-state index contributed by atoms with van der Waals surface area (Å²) >= 11 is 0. The fourth-order valence-electron chi connectivity index (χ4n) is 2.67. The lowest BCUT2D eigenvalue weighted by Gasteiger charge is -2.34. The lowest BCUT2D eigenvalue weighted by molar-refractivity contribution is 0.0502. The maximum Gasteiger partial charge on any atom is 0.254 e. The van der Waals surface area contributed by atoms with Gasteiger partial charge in [0, 0.05) is 18.7 Å². The number of benzene rings is 1. The highest BCUT2D eigenvalue weighted by atomic mass is 19.1. The normalized spacial score (nSPS) is 18.7. The number of halogens is 2. The number of aliphatic hydroxyl groups excluding tert-OH is 1. The van der Waals surface area contributed by atoms with Gasteiger partial charge >= 0.3 is 0 Å². The molecule has 1 aliphatic rings. The van der Waals surface area contributed by atoms with Gasteiger partial charge in [0.05, 0.1) is 12.6 Å². The van der Waals surface area contributed by atoms with Crippen molar-refractivity contribution in [3.05, 3.63) is 29.3 Å². The number of rotatable bonds is 4.